The molecule has 11 heteroatoms. The molecule has 1 unspecified atom stereocenters. The van der Waals surface area contributed by atoms with Gasteiger partial charge in [0.15, 0.2) is 0 Å². The van der Waals surface area contributed by atoms with Crippen LogP contribution in [-0.2, 0) is 6.18 Å². The molecule has 0 saturated carbocycles. The number of benzene rings is 1. The second kappa shape index (κ2) is 7.05. The van der Waals surface area contributed by atoms with Crippen molar-refractivity contribution < 1.29 is 22.6 Å². The first-order valence-corrected chi connectivity index (χ1v) is 8.28. The zero-order valence-corrected chi connectivity index (χ0v) is 14.7. The third-order valence-electron chi connectivity index (χ3n) is 4.45. The zero-order chi connectivity index (χ0) is 19.8. The van der Waals surface area contributed by atoms with E-state index in [1.807, 2.05) is 0 Å². The fraction of sp³-hybridized carbons (Fsp3) is 0.500. The predicted molar refractivity (Wildman–Crippen MR) is 90.9 cm³/mol. The number of piperidine rings is 1. The molecular weight excluding hydrogens is 367 g/mol. The summed E-state index contributed by atoms with van der Waals surface area (Å²) < 4.78 is 44.9. The van der Waals surface area contributed by atoms with Crippen molar-refractivity contribution in [3.8, 4) is 0 Å². The standard InChI is InChI=1S/C16H18F3N5O3/c1-22(2)15-20-14(27-21-15)10-4-3-7-23(9-10)11-5-6-13(24(25)26)12(8-11)16(17,18)19/h5-6,8,10H,3-4,7,9H2,1-2H3. The van der Waals surface area contributed by atoms with Crippen LogP contribution in [0.1, 0.15) is 30.2 Å². The highest BCUT2D eigenvalue weighted by atomic mass is 19.4. The normalized spacial score (nSPS) is 17.8. The monoisotopic (exact) mass is 385 g/mol. The number of aromatic nitrogens is 2. The summed E-state index contributed by atoms with van der Waals surface area (Å²) in [5.74, 6) is 0.739. The largest absolute Gasteiger partial charge is 0.423 e. The highest BCUT2D eigenvalue weighted by Gasteiger charge is 2.39. The van der Waals surface area contributed by atoms with Crippen LogP contribution in [0.3, 0.4) is 0 Å². The van der Waals surface area contributed by atoms with E-state index in [2.05, 4.69) is 10.1 Å². The summed E-state index contributed by atoms with van der Waals surface area (Å²) in [6.45, 7) is 0.935. The van der Waals surface area contributed by atoms with Crippen molar-refractivity contribution in [2.45, 2.75) is 24.9 Å². The van der Waals surface area contributed by atoms with E-state index >= 15 is 0 Å². The van der Waals surface area contributed by atoms with Crippen LogP contribution >= 0.6 is 0 Å². The number of nitro benzene ring substituents is 1. The number of alkyl halides is 3. The Balaban J connectivity index is 1.86. The maximum Gasteiger partial charge on any atom is 0.423 e. The quantitative estimate of drug-likeness (QED) is 0.588. The highest BCUT2D eigenvalue weighted by Crippen LogP contribution is 2.39. The molecular formula is C16H18F3N5O3. The molecule has 2 aromatic rings. The summed E-state index contributed by atoms with van der Waals surface area (Å²) >= 11 is 0. The van der Waals surface area contributed by atoms with E-state index in [1.54, 1.807) is 23.9 Å². The van der Waals surface area contributed by atoms with Crippen LogP contribution in [0.25, 0.3) is 0 Å². The molecule has 0 bridgehead atoms. The molecule has 3 rings (SSSR count). The van der Waals surface area contributed by atoms with E-state index in [0.717, 1.165) is 25.0 Å². The van der Waals surface area contributed by atoms with Crippen LogP contribution in [0, 0.1) is 10.1 Å². The number of nitro groups is 1. The average molecular weight is 385 g/mol. The van der Waals surface area contributed by atoms with Gasteiger partial charge in [-0.2, -0.15) is 18.2 Å². The number of anilines is 2. The van der Waals surface area contributed by atoms with Crippen molar-refractivity contribution >= 4 is 17.3 Å². The van der Waals surface area contributed by atoms with Crippen LogP contribution in [-0.4, -0.2) is 42.2 Å². The lowest BCUT2D eigenvalue weighted by Crippen LogP contribution is -2.34. The molecule has 0 amide bonds. The van der Waals surface area contributed by atoms with Crippen LogP contribution < -0.4 is 9.80 Å². The molecule has 1 aliphatic rings. The van der Waals surface area contributed by atoms with Gasteiger partial charge < -0.3 is 14.3 Å². The minimum absolute atomic E-state index is 0.121. The first kappa shape index (κ1) is 18.9. The summed E-state index contributed by atoms with van der Waals surface area (Å²) in [6.07, 6.45) is -3.31. The third-order valence-corrected chi connectivity index (χ3v) is 4.45. The van der Waals surface area contributed by atoms with Gasteiger partial charge in [0.2, 0.25) is 5.89 Å². The lowest BCUT2D eigenvalue weighted by Gasteiger charge is -2.33. The molecule has 1 aliphatic heterocycles. The van der Waals surface area contributed by atoms with Crippen LogP contribution in [0.2, 0.25) is 0 Å². The average Bonchev–Trinajstić information content (AvgIpc) is 3.11. The Morgan fingerprint density at radius 1 is 1.37 bits per heavy atom. The predicted octanol–water partition coefficient (Wildman–Crippen LogP) is 3.45. The Kier molecular flexibility index (Phi) is 4.94. The molecule has 1 fully saturated rings. The van der Waals surface area contributed by atoms with Crippen molar-refractivity contribution in [1.82, 2.24) is 10.1 Å². The fourth-order valence-electron chi connectivity index (χ4n) is 3.09. The van der Waals surface area contributed by atoms with Crippen LogP contribution in [0.15, 0.2) is 22.7 Å². The van der Waals surface area contributed by atoms with Crippen LogP contribution in [0.5, 0.6) is 0 Å². The van der Waals surface area contributed by atoms with Gasteiger partial charge in [-0.15, -0.1) is 0 Å². The Morgan fingerprint density at radius 2 is 2.11 bits per heavy atom. The molecule has 8 nitrogen and oxygen atoms in total. The van der Waals surface area contributed by atoms with E-state index in [-0.39, 0.29) is 11.6 Å². The maximum atomic E-state index is 13.2. The zero-order valence-electron chi connectivity index (χ0n) is 14.7. The molecule has 1 aromatic heterocycles. The fourth-order valence-corrected chi connectivity index (χ4v) is 3.09. The Bertz CT molecular complexity index is 837. The maximum absolute atomic E-state index is 13.2. The molecule has 1 atom stereocenters. The molecule has 27 heavy (non-hydrogen) atoms. The second-order valence-corrected chi connectivity index (χ2v) is 6.57. The SMILES string of the molecule is CN(C)c1noc(C2CCCN(c3ccc([N+](=O)[O-])c(C(F)(F)F)c3)C2)n1. The van der Waals surface area contributed by atoms with Gasteiger partial charge in [-0.3, -0.25) is 10.1 Å². The van der Waals surface area contributed by atoms with Gasteiger partial charge in [0, 0.05) is 38.9 Å². The molecule has 0 N–H and O–H groups in total. The minimum atomic E-state index is -4.80. The van der Waals surface area contributed by atoms with Crippen molar-refractivity contribution in [3.63, 3.8) is 0 Å². The topological polar surface area (TPSA) is 88.5 Å². The van der Waals surface area contributed by atoms with E-state index in [4.69, 9.17) is 4.52 Å². The second-order valence-electron chi connectivity index (χ2n) is 6.57. The highest BCUT2D eigenvalue weighted by molar-refractivity contribution is 5.57. The lowest BCUT2D eigenvalue weighted by molar-refractivity contribution is -0.388. The molecule has 0 radical (unpaired) electrons. The van der Waals surface area contributed by atoms with E-state index in [9.17, 15) is 23.3 Å². The van der Waals surface area contributed by atoms with Crippen LogP contribution in [0.4, 0.5) is 30.5 Å². The summed E-state index contributed by atoms with van der Waals surface area (Å²) in [4.78, 5) is 17.6. The molecule has 1 aromatic carbocycles. The van der Waals surface area contributed by atoms with Gasteiger partial charge in [0.1, 0.15) is 5.56 Å². The van der Waals surface area contributed by atoms with E-state index in [1.165, 1.54) is 6.07 Å². The third kappa shape index (κ3) is 3.96. The van der Waals surface area contributed by atoms with Gasteiger partial charge in [0.25, 0.3) is 11.6 Å². The molecule has 0 spiro atoms. The molecule has 1 saturated heterocycles. The summed E-state index contributed by atoms with van der Waals surface area (Å²) in [5.41, 5.74) is -1.92. The summed E-state index contributed by atoms with van der Waals surface area (Å²) in [5, 5.41) is 14.8. The van der Waals surface area contributed by atoms with Gasteiger partial charge in [-0.1, -0.05) is 0 Å². The van der Waals surface area contributed by atoms with Crippen molar-refractivity contribution in [2.24, 2.45) is 0 Å². The minimum Gasteiger partial charge on any atom is -0.371 e. The number of halogens is 3. The summed E-state index contributed by atoms with van der Waals surface area (Å²) in [7, 11) is 3.55. The first-order valence-electron chi connectivity index (χ1n) is 8.28. The van der Waals surface area contributed by atoms with Gasteiger partial charge in [0.05, 0.1) is 10.8 Å². The molecule has 2 heterocycles. The van der Waals surface area contributed by atoms with Crippen molar-refractivity contribution in [3.05, 3.63) is 39.8 Å². The van der Waals surface area contributed by atoms with Gasteiger partial charge in [-0.25, -0.2) is 0 Å². The molecule has 0 aliphatic carbocycles. The number of hydrogen-bond donors (Lipinski definition) is 0. The smallest absolute Gasteiger partial charge is 0.371 e. The van der Waals surface area contributed by atoms with Gasteiger partial charge >= 0.3 is 6.18 Å². The number of rotatable bonds is 4. The number of nitrogens with zero attached hydrogens (tertiary/aromatic N) is 5. The van der Waals surface area contributed by atoms with Crippen molar-refractivity contribution in [2.75, 3.05) is 37.0 Å². The van der Waals surface area contributed by atoms with Gasteiger partial charge in [-0.05, 0) is 30.1 Å². The first-order chi connectivity index (χ1) is 12.7. The Morgan fingerprint density at radius 3 is 2.70 bits per heavy atom. The van der Waals surface area contributed by atoms with E-state index in [0.29, 0.717) is 24.9 Å². The van der Waals surface area contributed by atoms with Crippen molar-refractivity contribution in [1.29, 1.82) is 0 Å². The Labute approximate surface area is 152 Å². The lowest BCUT2D eigenvalue weighted by atomic mass is 9.97. The molecule has 146 valence electrons. The summed E-state index contributed by atoms with van der Waals surface area (Å²) in [6, 6.07) is 3.08. The van der Waals surface area contributed by atoms with E-state index < -0.39 is 22.4 Å². The Hall–Kier alpha value is -2.85. The number of hydrogen-bond acceptors (Lipinski definition) is 7.